The number of rotatable bonds is 2. The van der Waals surface area contributed by atoms with E-state index in [1.807, 2.05) is 25.1 Å². The Kier molecular flexibility index (Phi) is 3.01. The zero-order chi connectivity index (χ0) is 14.5. The molecule has 3 aliphatic heterocycles. The second kappa shape index (κ2) is 4.48. The van der Waals surface area contributed by atoms with E-state index in [1.165, 1.54) is 0 Å². The van der Waals surface area contributed by atoms with Crippen LogP contribution < -0.4 is 15.4 Å². The summed E-state index contributed by atoms with van der Waals surface area (Å²) in [7, 11) is 1.59. The molecule has 0 aliphatic carbocycles. The van der Waals surface area contributed by atoms with Crippen LogP contribution in [0.2, 0.25) is 0 Å². The van der Waals surface area contributed by atoms with Gasteiger partial charge < -0.3 is 15.4 Å². The summed E-state index contributed by atoms with van der Waals surface area (Å²) in [6, 6.07) is 5.65. The molecule has 0 radical (unpaired) electrons. The molecular formula is C14H15BrN2O3. The Labute approximate surface area is 125 Å². The molecule has 5 nitrogen and oxygen atoms in total. The topological polar surface area (TPSA) is 67.4 Å². The molecule has 2 bridgehead atoms. The summed E-state index contributed by atoms with van der Waals surface area (Å²) in [5, 5.41) is 5.70. The SMILES string of the molecule is COc1ccc(Br)cc1[C@@H]1CC2(C)NC(=O)C1C(=O)N2. The van der Waals surface area contributed by atoms with Gasteiger partial charge in [-0.3, -0.25) is 9.59 Å². The minimum absolute atomic E-state index is 0.171. The van der Waals surface area contributed by atoms with Crippen molar-refractivity contribution in [1.82, 2.24) is 10.6 Å². The van der Waals surface area contributed by atoms with E-state index < -0.39 is 11.6 Å². The lowest BCUT2D eigenvalue weighted by molar-refractivity contribution is -0.149. The summed E-state index contributed by atoms with van der Waals surface area (Å²) in [6.45, 7) is 1.83. The monoisotopic (exact) mass is 338 g/mol. The number of hydrogen-bond acceptors (Lipinski definition) is 3. The molecule has 4 rings (SSSR count). The van der Waals surface area contributed by atoms with E-state index in [0.29, 0.717) is 12.2 Å². The number of benzene rings is 1. The van der Waals surface area contributed by atoms with Crippen LogP contribution in [0.3, 0.4) is 0 Å². The second-order valence-corrected chi connectivity index (χ2v) is 6.40. The van der Waals surface area contributed by atoms with Crippen LogP contribution in [0.15, 0.2) is 22.7 Å². The highest BCUT2D eigenvalue weighted by Gasteiger charge is 2.53. The highest BCUT2D eigenvalue weighted by molar-refractivity contribution is 9.10. The number of carbonyl (C=O) groups is 2. The molecule has 1 aromatic carbocycles. The number of piperidine rings is 2. The van der Waals surface area contributed by atoms with Gasteiger partial charge in [0.25, 0.3) is 0 Å². The fourth-order valence-corrected chi connectivity index (χ4v) is 3.54. The minimum atomic E-state index is -0.694. The quantitative estimate of drug-likeness (QED) is 0.803. The first-order valence-electron chi connectivity index (χ1n) is 6.41. The zero-order valence-corrected chi connectivity index (χ0v) is 12.8. The Morgan fingerprint density at radius 2 is 1.95 bits per heavy atom. The van der Waals surface area contributed by atoms with Gasteiger partial charge in [0.15, 0.2) is 0 Å². The smallest absolute Gasteiger partial charge is 0.235 e. The first kappa shape index (κ1) is 13.4. The first-order valence-corrected chi connectivity index (χ1v) is 7.20. The molecule has 3 saturated heterocycles. The van der Waals surface area contributed by atoms with Crippen molar-refractivity contribution in [2.45, 2.75) is 24.9 Å². The fraction of sp³-hybridized carbons (Fsp3) is 0.429. The molecule has 0 spiro atoms. The third-order valence-electron chi connectivity index (χ3n) is 3.98. The van der Waals surface area contributed by atoms with Crippen LogP contribution in [0.1, 0.15) is 24.8 Å². The van der Waals surface area contributed by atoms with Crippen LogP contribution in [0.4, 0.5) is 0 Å². The highest BCUT2D eigenvalue weighted by Crippen LogP contribution is 2.44. The molecular weight excluding hydrogens is 324 g/mol. The van der Waals surface area contributed by atoms with Gasteiger partial charge in [0.1, 0.15) is 17.3 Å². The van der Waals surface area contributed by atoms with Gasteiger partial charge >= 0.3 is 0 Å². The Bertz CT molecular complexity index is 584. The average Bonchev–Trinajstić information content (AvgIpc) is 2.36. The van der Waals surface area contributed by atoms with E-state index in [4.69, 9.17) is 4.74 Å². The first-order chi connectivity index (χ1) is 9.43. The number of ether oxygens (including phenoxy) is 1. The van der Waals surface area contributed by atoms with Crippen molar-refractivity contribution in [3.8, 4) is 5.75 Å². The van der Waals surface area contributed by atoms with E-state index in [1.54, 1.807) is 7.11 Å². The van der Waals surface area contributed by atoms with E-state index in [9.17, 15) is 9.59 Å². The maximum atomic E-state index is 12.1. The van der Waals surface area contributed by atoms with Gasteiger partial charge in [0, 0.05) is 10.4 Å². The van der Waals surface area contributed by atoms with Crippen LogP contribution in [-0.2, 0) is 9.59 Å². The van der Waals surface area contributed by atoms with Gasteiger partial charge in [-0.05, 0) is 37.1 Å². The van der Waals surface area contributed by atoms with Crippen LogP contribution in [0.5, 0.6) is 5.75 Å². The number of fused-ring (bicyclic) bond motifs is 3. The summed E-state index contributed by atoms with van der Waals surface area (Å²) < 4.78 is 6.28. The number of carbonyl (C=O) groups excluding carboxylic acids is 2. The predicted molar refractivity (Wildman–Crippen MR) is 76.2 cm³/mol. The molecule has 2 N–H and O–H groups in total. The lowest BCUT2D eigenvalue weighted by Gasteiger charge is -2.48. The van der Waals surface area contributed by atoms with Crippen LogP contribution in [0.25, 0.3) is 0 Å². The van der Waals surface area contributed by atoms with Crippen LogP contribution in [0, 0.1) is 5.92 Å². The van der Waals surface area contributed by atoms with E-state index >= 15 is 0 Å². The number of methoxy groups -OCH3 is 1. The lowest BCUT2D eigenvalue weighted by Crippen LogP contribution is -2.72. The molecule has 3 aliphatic rings. The Morgan fingerprint density at radius 1 is 1.30 bits per heavy atom. The molecule has 0 unspecified atom stereocenters. The molecule has 6 heteroatoms. The van der Waals surface area contributed by atoms with Gasteiger partial charge in [-0.1, -0.05) is 15.9 Å². The summed E-state index contributed by atoms with van der Waals surface area (Å²) >= 11 is 3.43. The number of nitrogens with one attached hydrogen (secondary N) is 2. The van der Waals surface area contributed by atoms with Gasteiger partial charge in [-0.2, -0.15) is 0 Å². The molecule has 2 amide bonds. The number of hydrogen-bond donors (Lipinski definition) is 2. The Morgan fingerprint density at radius 3 is 2.50 bits per heavy atom. The lowest BCUT2D eigenvalue weighted by atomic mass is 9.72. The van der Waals surface area contributed by atoms with Crippen molar-refractivity contribution in [2.75, 3.05) is 7.11 Å². The second-order valence-electron chi connectivity index (χ2n) is 5.49. The molecule has 0 aromatic heterocycles. The standard InChI is InChI=1S/C14H15BrN2O3/c1-14-6-9(11(12(18)16-14)13(19)17-14)8-5-7(15)3-4-10(8)20-2/h3-5,9,11H,6H2,1-2H3,(H,16,18)(H,17,19)/t9-,11?,14?/m0/s1. The highest BCUT2D eigenvalue weighted by atomic mass is 79.9. The van der Waals surface area contributed by atoms with Gasteiger partial charge in [-0.25, -0.2) is 0 Å². The molecule has 0 saturated carbocycles. The van der Waals surface area contributed by atoms with Crippen molar-refractivity contribution in [1.29, 1.82) is 0 Å². The minimum Gasteiger partial charge on any atom is -0.496 e. The summed E-state index contributed by atoms with van der Waals surface area (Å²) in [4.78, 5) is 24.2. The normalized spacial score (nSPS) is 31.8. The third-order valence-corrected chi connectivity index (χ3v) is 4.48. The Balaban J connectivity index is 2.08. The number of amides is 2. The van der Waals surface area contributed by atoms with Gasteiger partial charge in [0.2, 0.25) is 11.8 Å². The van der Waals surface area contributed by atoms with E-state index in [0.717, 1.165) is 10.0 Å². The largest absolute Gasteiger partial charge is 0.496 e. The van der Waals surface area contributed by atoms with E-state index in [2.05, 4.69) is 26.6 Å². The summed E-state index contributed by atoms with van der Waals surface area (Å²) in [5.74, 6) is -0.589. The third kappa shape index (κ3) is 1.98. The molecule has 1 atom stereocenters. The van der Waals surface area contributed by atoms with Crippen LogP contribution >= 0.6 is 15.9 Å². The van der Waals surface area contributed by atoms with Crippen molar-refractivity contribution in [3.05, 3.63) is 28.2 Å². The summed E-state index contributed by atoms with van der Waals surface area (Å²) in [5.41, 5.74) is 0.212. The van der Waals surface area contributed by atoms with Crippen LogP contribution in [-0.4, -0.2) is 24.6 Å². The summed E-state index contributed by atoms with van der Waals surface area (Å²) in [6.07, 6.45) is 0.655. The molecule has 1 aromatic rings. The molecule has 3 heterocycles. The molecule has 106 valence electrons. The maximum absolute atomic E-state index is 12.1. The number of halogens is 1. The zero-order valence-electron chi connectivity index (χ0n) is 11.2. The van der Waals surface area contributed by atoms with Crippen molar-refractivity contribution >= 4 is 27.7 Å². The van der Waals surface area contributed by atoms with Crippen molar-refractivity contribution in [2.24, 2.45) is 5.92 Å². The molecule has 3 fully saturated rings. The van der Waals surface area contributed by atoms with Gasteiger partial charge in [0.05, 0.1) is 7.11 Å². The van der Waals surface area contributed by atoms with Gasteiger partial charge in [-0.15, -0.1) is 0 Å². The maximum Gasteiger partial charge on any atom is 0.235 e. The molecule has 20 heavy (non-hydrogen) atoms. The predicted octanol–water partition coefficient (Wildman–Crippen LogP) is 1.52. The fourth-order valence-electron chi connectivity index (χ4n) is 3.16. The van der Waals surface area contributed by atoms with Crippen molar-refractivity contribution < 1.29 is 14.3 Å². The Hall–Kier alpha value is -1.56. The van der Waals surface area contributed by atoms with E-state index in [-0.39, 0.29) is 17.7 Å². The van der Waals surface area contributed by atoms with Crippen molar-refractivity contribution in [3.63, 3.8) is 0 Å². The average molecular weight is 339 g/mol.